The molecule has 0 spiro atoms. The van der Waals surface area contributed by atoms with Gasteiger partial charge in [0.1, 0.15) is 5.75 Å². The molecule has 1 aliphatic carbocycles. The van der Waals surface area contributed by atoms with Gasteiger partial charge in [-0.3, -0.25) is 9.59 Å². The van der Waals surface area contributed by atoms with E-state index in [4.69, 9.17) is 4.74 Å². The summed E-state index contributed by atoms with van der Waals surface area (Å²) >= 11 is 0. The van der Waals surface area contributed by atoms with Gasteiger partial charge in [-0.05, 0) is 42.9 Å². The Morgan fingerprint density at radius 2 is 2.00 bits per heavy atom. The van der Waals surface area contributed by atoms with Gasteiger partial charge in [0.15, 0.2) is 5.41 Å². The Morgan fingerprint density at radius 3 is 2.53 bits per heavy atom. The zero-order valence-electron chi connectivity index (χ0n) is 10.6. The Balaban J connectivity index is 2.26. The summed E-state index contributed by atoms with van der Waals surface area (Å²) < 4.78 is 5.13. The van der Waals surface area contributed by atoms with Crippen molar-refractivity contribution in [2.24, 2.45) is 5.41 Å². The van der Waals surface area contributed by atoms with Crippen LogP contribution in [0.1, 0.15) is 30.7 Å². The average molecular weight is 264 g/mol. The normalized spacial score (nSPS) is 21.0. The Bertz CT molecular complexity index is 494. The molecule has 19 heavy (non-hydrogen) atoms. The minimum absolute atomic E-state index is 0.0534. The number of benzene rings is 1. The Labute approximate surface area is 110 Å². The zero-order valence-corrected chi connectivity index (χ0v) is 10.6. The molecule has 102 valence electrons. The third-order valence-electron chi connectivity index (χ3n) is 3.90. The number of aliphatic carboxylic acids is 2. The predicted molar refractivity (Wildman–Crippen MR) is 67.3 cm³/mol. The van der Waals surface area contributed by atoms with Gasteiger partial charge in [-0.25, -0.2) is 0 Å². The minimum Gasteiger partial charge on any atom is -0.497 e. The number of ether oxygens (including phenoxy) is 1. The van der Waals surface area contributed by atoms with Crippen molar-refractivity contribution < 1.29 is 24.5 Å². The van der Waals surface area contributed by atoms with Crippen molar-refractivity contribution in [3.8, 4) is 5.75 Å². The minimum atomic E-state index is -1.65. The van der Waals surface area contributed by atoms with Gasteiger partial charge in [0.25, 0.3) is 0 Å². The Hall–Kier alpha value is -2.04. The second kappa shape index (κ2) is 4.91. The van der Waals surface area contributed by atoms with Crippen molar-refractivity contribution in [2.75, 3.05) is 7.11 Å². The maximum Gasteiger partial charge on any atom is 0.321 e. The maximum absolute atomic E-state index is 11.3. The van der Waals surface area contributed by atoms with Gasteiger partial charge in [-0.1, -0.05) is 12.1 Å². The van der Waals surface area contributed by atoms with Gasteiger partial charge in [0.05, 0.1) is 7.11 Å². The van der Waals surface area contributed by atoms with Crippen molar-refractivity contribution in [1.29, 1.82) is 0 Å². The molecule has 2 rings (SSSR count). The standard InChI is InChI=1S/C14H16O5/c1-19-11-4-2-3-9(7-11)10-5-6-14(8-10,12(15)16)13(17)18/h2-4,7,10H,5-6,8H2,1H3,(H,15,16)(H,17,18)/t10-/m1/s1. The summed E-state index contributed by atoms with van der Waals surface area (Å²) in [5, 5.41) is 18.4. The number of carboxylic acid groups (broad SMARTS) is 2. The molecule has 0 unspecified atom stereocenters. The van der Waals surface area contributed by atoms with E-state index < -0.39 is 17.4 Å². The summed E-state index contributed by atoms with van der Waals surface area (Å²) in [5.41, 5.74) is -0.711. The third kappa shape index (κ3) is 2.28. The van der Waals surface area contributed by atoms with Gasteiger partial charge < -0.3 is 14.9 Å². The van der Waals surface area contributed by atoms with Crippen LogP contribution in [0.25, 0.3) is 0 Å². The van der Waals surface area contributed by atoms with Crippen molar-refractivity contribution >= 4 is 11.9 Å². The van der Waals surface area contributed by atoms with Crippen molar-refractivity contribution in [2.45, 2.75) is 25.2 Å². The molecule has 0 heterocycles. The molecule has 0 radical (unpaired) electrons. The quantitative estimate of drug-likeness (QED) is 0.814. The maximum atomic E-state index is 11.3. The molecule has 0 aromatic heterocycles. The molecule has 0 bridgehead atoms. The van der Waals surface area contributed by atoms with Gasteiger partial charge in [-0.2, -0.15) is 0 Å². The molecular formula is C14H16O5. The number of carbonyl (C=O) groups is 2. The monoisotopic (exact) mass is 264 g/mol. The van der Waals surface area contributed by atoms with E-state index in [1.54, 1.807) is 13.2 Å². The van der Waals surface area contributed by atoms with E-state index in [0.717, 1.165) is 5.56 Å². The lowest BCUT2D eigenvalue weighted by Crippen LogP contribution is -2.36. The molecule has 2 N–H and O–H groups in total. The lowest BCUT2D eigenvalue weighted by atomic mass is 9.84. The summed E-state index contributed by atoms with van der Waals surface area (Å²) in [5.74, 6) is -1.85. The molecule has 1 atom stereocenters. The second-order valence-corrected chi connectivity index (χ2v) is 4.91. The highest BCUT2D eigenvalue weighted by atomic mass is 16.5. The summed E-state index contributed by atoms with van der Waals surface area (Å²) in [7, 11) is 1.56. The molecule has 1 aromatic rings. The number of hydrogen-bond acceptors (Lipinski definition) is 3. The van der Waals surface area contributed by atoms with Crippen molar-refractivity contribution in [3.63, 3.8) is 0 Å². The molecule has 1 saturated carbocycles. The van der Waals surface area contributed by atoms with Gasteiger partial charge in [-0.15, -0.1) is 0 Å². The fraction of sp³-hybridized carbons (Fsp3) is 0.429. The van der Waals surface area contributed by atoms with Gasteiger partial charge in [0.2, 0.25) is 0 Å². The van der Waals surface area contributed by atoms with Crippen LogP contribution in [0.5, 0.6) is 5.75 Å². The lowest BCUT2D eigenvalue weighted by molar-refractivity contribution is -0.164. The molecular weight excluding hydrogens is 248 g/mol. The SMILES string of the molecule is COc1cccc([C@@H]2CCC(C(=O)O)(C(=O)O)C2)c1. The first kappa shape index (κ1) is 13.4. The first-order valence-electron chi connectivity index (χ1n) is 6.10. The fourth-order valence-corrected chi connectivity index (χ4v) is 2.71. The summed E-state index contributed by atoms with van der Waals surface area (Å²) in [6.07, 6.45) is 0.857. The molecule has 0 saturated heterocycles. The van der Waals surface area contributed by atoms with Gasteiger partial charge >= 0.3 is 11.9 Å². The lowest BCUT2D eigenvalue weighted by Gasteiger charge is -2.19. The first-order valence-corrected chi connectivity index (χ1v) is 6.10. The van der Waals surface area contributed by atoms with E-state index >= 15 is 0 Å². The fourth-order valence-electron chi connectivity index (χ4n) is 2.71. The van der Waals surface area contributed by atoms with E-state index in [0.29, 0.717) is 12.2 Å². The first-order chi connectivity index (χ1) is 8.99. The molecule has 0 amide bonds. The van der Waals surface area contributed by atoms with E-state index in [1.165, 1.54) is 0 Å². The molecule has 5 nitrogen and oxygen atoms in total. The van der Waals surface area contributed by atoms with Crippen LogP contribution in [0.2, 0.25) is 0 Å². The highest BCUT2D eigenvalue weighted by Gasteiger charge is 2.52. The topological polar surface area (TPSA) is 83.8 Å². The largest absolute Gasteiger partial charge is 0.497 e. The van der Waals surface area contributed by atoms with E-state index in [-0.39, 0.29) is 18.8 Å². The van der Waals surface area contributed by atoms with Crippen LogP contribution in [0, 0.1) is 5.41 Å². The Kier molecular flexibility index (Phi) is 3.46. The van der Waals surface area contributed by atoms with Crippen molar-refractivity contribution in [1.82, 2.24) is 0 Å². The molecule has 1 fully saturated rings. The number of methoxy groups -OCH3 is 1. The van der Waals surface area contributed by atoms with E-state index in [1.807, 2.05) is 18.2 Å². The van der Waals surface area contributed by atoms with Crippen LogP contribution in [-0.2, 0) is 9.59 Å². The van der Waals surface area contributed by atoms with Crippen LogP contribution in [0.3, 0.4) is 0 Å². The van der Waals surface area contributed by atoms with Crippen molar-refractivity contribution in [3.05, 3.63) is 29.8 Å². The Morgan fingerprint density at radius 1 is 1.32 bits per heavy atom. The number of rotatable bonds is 4. The smallest absolute Gasteiger partial charge is 0.321 e. The van der Waals surface area contributed by atoms with Crippen LogP contribution < -0.4 is 4.74 Å². The number of carboxylic acids is 2. The van der Waals surface area contributed by atoms with Crippen LogP contribution >= 0.6 is 0 Å². The molecule has 5 heteroatoms. The van der Waals surface area contributed by atoms with E-state index in [2.05, 4.69) is 0 Å². The molecule has 1 aromatic carbocycles. The summed E-state index contributed by atoms with van der Waals surface area (Å²) in [6, 6.07) is 7.35. The highest BCUT2D eigenvalue weighted by molar-refractivity contribution is 5.98. The second-order valence-electron chi connectivity index (χ2n) is 4.91. The molecule has 1 aliphatic rings. The summed E-state index contributed by atoms with van der Waals surface area (Å²) in [4.78, 5) is 22.5. The van der Waals surface area contributed by atoms with E-state index in [9.17, 15) is 19.8 Å². The van der Waals surface area contributed by atoms with Gasteiger partial charge in [0, 0.05) is 0 Å². The third-order valence-corrected chi connectivity index (χ3v) is 3.90. The van der Waals surface area contributed by atoms with Crippen LogP contribution in [0.15, 0.2) is 24.3 Å². The highest BCUT2D eigenvalue weighted by Crippen LogP contribution is 2.47. The zero-order chi connectivity index (χ0) is 14.0. The summed E-state index contributed by atoms with van der Waals surface area (Å²) in [6.45, 7) is 0. The molecule has 0 aliphatic heterocycles. The average Bonchev–Trinajstić information content (AvgIpc) is 2.85. The number of hydrogen-bond donors (Lipinski definition) is 2. The van der Waals surface area contributed by atoms with Crippen LogP contribution in [0.4, 0.5) is 0 Å². The van der Waals surface area contributed by atoms with Crippen LogP contribution in [-0.4, -0.2) is 29.3 Å². The predicted octanol–water partition coefficient (Wildman–Crippen LogP) is 2.12.